The number of hydrogen-bond acceptors (Lipinski definition) is 7. The van der Waals surface area contributed by atoms with Gasteiger partial charge >= 0.3 is 0 Å². The number of nitriles is 1. The summed E-state index contributed by atoms with van der Waals surface area (Å²) in [5, 5.41) is 13.0. The molecule has 0 amide bonds. The molecule has 7 heteroatoms. The van der Waals surface area contributed by atoms with E-state index in [4.69, 9.17) is 10.6 Å². The van der Waals surface area contributed by atoms with Crippen LogP contribution in [0.5, 0.6) is 0 Å². The molecule has 1 heterocycles. The van der Waals surface area contributed by atoms with Crippen molar-refractivity contribution in [2.24, 2.45) is 10.8 Å². The Balaban J connectivity index is 2.23. The Kier molecular flexibility index (Phi) is 4.84. The van der Waals surface area contributed by atoms with Crippen LogP contribution in [0.2, 0.25) is 0 Å². The summed E-state index contributed by atoms with van der Waals surface area (Å²) in [5.41, 5.74) is 4.01. The van der Waals surface area contributed by atoms with Crippen LogP contribution in [0.3, 0.4) is 0 Å². The van der Waals surface area contributed by atoms with E-state index in [9.17, 15) is 5.26 Å². The largest absolute Gasteiger partial charge is 0.377 e. The molecule has 0 aromatic heterocycles. The van der Waals surface area contributed by atoms with E-state index in [2.05, 4.69) is 27.9 Å². The second-order valence-electron chi connectivity index (χ2n) is 4.26. The van der Waals surface area contributed by atoms with E-state index in [0.717, 1.165) is 12.0 Å². The molecule has 6 nitrogen and oxygen atoms in total. The quantitative estimate of drug-likeness (QED) is 0.525. The molecule has 0 bridgehead atoms. The van der Waals surface area contributed by atoms with Gasteiger partial charge in [0.2, 0.25) is 0 Å². The lowest BCUT2D eigenvalue weighted by molar-refractivity contribution is 0.142. The number of rotatable bonds is 3. The average molecular weight is 291 g/mol. The first kappa shape index (κ1) is 14.7. The number of aliphatic imine (C=N–C) groups is 1. The summed E-state index contributed by atoms with van der Waals surface area (Å²) < 4.78 is 5.27. The number of ether oxygens (including phenoxy) is 1. The summed E-state index contributed by atoms with van der Waals surface area (Å²) in [6.07, 6.45) is 8.65. The number of nitrogens with two attached hydrogens (primary N) is 1. The SMILES string of the molecule is COC1C=CC(C2N=C(SC)C(C#N)=C(NN)N2)=CC1. The van der Waals surface area contributed by atoms with Gasteiger partial charge < -0.3 is 15.5 Å². The van der Waals surface area contributed by atoms with Gasteiger partial charge in [-0.3, -0.25) is 0 Å². The molecule has 0 aromatic carbocycles. The predicted molar refractivity (Wildman–Crippen MR) is 80.5 cm³/mol. The Morgan fingerprint density at radius 2 is 2.45 bits per heavy atom. The van der Waals surface area contributed by atoms with Gasteiger partial charge in [0.15, 0.2) is 0 Å². The topological polar surface area (TPSA) is 95.5 Å². The molecule has 2 aliphatic rings. The second-order valence-corrected chi connectivity index (χ2v) is 5.06. The molecule has 2 unspecified atom stereocenters. The van der Waals surface area contributed by atoms with Crippen LogP contribution < -0.4 is 16.6 Å². The summed E-state index contributed by atoms with van der Waals surface area (Å²) in [6, 6.07) is 2.11. The Morgan fingerprint density at radius 1 is 1.65 bits per heavy atom. The van der Waals surface area contributed by atoms with Crippen molar-refractivity contribution in [1.29, 1.82) is 5.26 Å². The molecule has 1 aliphatic carbocycles. The molecule has 0 saturated heterocycles. The molecule has 106 valence electrons. The minimum atomic E-state index is -0.241. The first-order valence-corrected chi connectivity index (χ1v) is 7.36. The monoisotopic (exact) mass is 291 g/mol. The summed E-state index contributed by atoms with van der Waals surface area (Å²) in [6.45, 7) is 0. The maximum atomic E-state index is 9.17. The zero-order chi connectivity index (χ0) is 14.5. The highest BCUT2D eigenvalue weighted by atomic mass is 32.2. The maximum Gasteiger partial charge on any atom is 0.146 e. The fraction of sp³-hybridized carbons (Fsp3) is 0.385. The van der Waals surface area contributed by atoms with Gasteiger partial charge in [0.1, 0.15) is 28.7 Å². The third-order valence-corrected chi connectivity index (χ3v) is 3.84. The highest BCUT2D eigenvalue weighted by molar-refractivity contribution is 8.13. The summed E-state index contributed by atoms with van der Waals surface area (Å²) in [4.78, 5) is 4.56. The van der Waals surface area contributed by atoms with E-state index in [1.165, 1.54) is 11.8 Å². The summed E-state index contributed by atoms with van der Waals surface area (Å²) >= 11 is 1.43. The van der Waals surface area contributed by atoms with Crippen molar-refractivity contribution >= 4 is 16.8 Å². The fourth-order valence-corrected chi connectivity index (χ4v) is 2.62. The van der Waals surface area contributed by atoms with Crippen molar-refractivity contribution in [3.63, 3.8) is 0 Å². The van der Waals surface area contributed by atoms with E-state index in [-0.39, 0.29) is 12.3 Å². The first-order valence-electron chi connectivity index (χ1n) is 6.14. The second kappa shape index (κ2) is 6.61. The number of thioether (sulfide) groups is 1. The lowest BCUT2D eigenvalue weighted by Gasteiger charge is -2.27. The predicted octanol–water partition coefficient (Wildman–Crippen LogP) is 0.777. The van der Waals surface area contributed by atoms with E-state index >= 15 is 0 Å². The Bertz CT molecular complexity index is 543. The molecular formula is C13H17N5OS. The van der Waals surface area contributed by atoms with Gasteiger partial charge in [0.25, 0.3) is 0 Å². The molecule has 4 N–H and O–H groups in total. The third kappa shape index (κ3) is 2.88. The smallest absolute Gasteiger partial charge is 0.146 e. The van der Waals surface area contributed by atoms with Gasteiger partial charge in [-0.1, -0.05) is 18.2 Å². The van der Waals surface area contributed by atoms with Crippen LogP contribution >= 0.6 is 11.8 Å². The number of methoxy groups -OCH3 is 1. The number of nitrogens with one attached hydrogen (secondary N) is 2. The van der Waals surface area contributed by atoms with Crippen molar-refractivity contribution in [1.82, 2.24) is 10.7 Å². The molecule has 0 aromatic rings. The number of nitrogens with zero attached hydrogens (tertiary/aromatic N) is 2. The molecule has 0 fully saturated rings. The summed E-state index contributed by atoms with van der Waals surface area (Å²) in [7, 11) is 1.69. The zero-order valence-corrected chi connectivity index (χ0v) is 12.2. The van der Waals surface area contributed by atoms with Crippen molar-refractivity contribution in [2.45, 2.75) is 18.7 Å². The van der Waals surface area contributed by atoms with E-state index < -0.39 is 0 Å². The van der Waals surface area contributed by atoms with Gasteiger partial charge in [-0.25, -0.2) is 10.8 Å². The first-order chi connectivity index (χ1) is 9.73. The molecule has 0 spiro atoms. The van der Waals surface area contributed by atoms with Crippen LogP contribution in [0.4, 0.5) is 0 Å². The van der Waals surface area contributed by atoms with Gasteiger partial charge in [-0.05, 0) is 18.2 Å². The molecule has 20 heavy (non-hydrogen) atoms. The van der Waals surface area contributed by atoms with Crippen LogP contribution in [-0.4, -0.2) is 30.7 Å². The fourth-order valence-electron chi connectivity index (χ4n) is 2.05. The van der Waals surface area contributed by atoms with Crippen LogP contribution in [0.25, 0.3) is 0 Å². The van der Waals surface area contributed by atoms with E-state index in [1.807, 2.05) is 18.4 Å². The van der Waals surface area contributed by atoms with Crippen LogP contribution in [0.15, 0.2) is 40.2 Å². The zero-order valence-electron chi connectivity index (χ0n) is 11.4. The normalized spacial score (nSPS) is 25.5. The Labute approximate surface area is 122 Å². The highest BCUT2D eigenvalue weighted by Crippen LogP contribution is 2.23. The van der Waals surface area contributed by atoms with Crippen molar-refractivity contribution in [3.05, 3.63) is 35.2 Å². The Hall–Kier alpha value is -1.75. The lowest BCUT2D eigenvalue weighted by Crippen LogP contribution is -2.43. The van der Waals surface area contributed by atoms with Crippen molar-refractivity contribution < 1.29 is 4.74 Å². The minimum absolute atomic E-state index is 0.114. The van der Waals surface area contributed by atoms with Gasteiger partial charge in [-0.15, -0.1) is 11.8 Å². The molecule has 1 aliphatic heterocycles. The van der Waals surface area contributed by atoms with Crippen LogP contribution in [0.1, 0.15) is 6.42 Å². The standard InChI is InChI=1S/C13H17N5OS/c1-19-9-5-3-8(4-6-9)11-16-12(18-15)10(7-14)13(17-11)20-2/h3-5,9,11,16,18H,6,15H2,1-2H3. The lowest BCUT2D eigenvalue weighted by atomic mass is 10.0. The third-order valence-electron chi connectivity index (χ3n) is 3.15. The van der Waals surface area contributed by atoms with Gasteiger partial charge in [0, 0.05) is 7.11 Å². The Morgan fingerprint density at radius 3 is 2.95 bits per heavy atom. The molecular weight excluding hydrogens is 274 g/mol. The molecule has 0 saturated carbocycles. The highest BCUT2D eigenvalue weighted by Gasteiger charge is 2.25. The van der Waals surface area contributed by atoms with Crippen molar-refractivity contribution in [3.8, 4) is 6.07 Å². The van der Waals surface area contributed by atoms with Crippen LogP contribution in [-0.2, 0) is 4.74 Å². The van der Waals surface area contributed by atoms with E-state index in [0.29, 0.717) is 16.4 Å². The number of hydrazine groups is 1. The number of hydrogen-bond donors (Lipinski definition) is 3. The summed E-state index contributed by atoms with van der Waals surface area (Å²) in [5.74, 6) is 5.98. The van der Waals surface area contributed by atoms with Gasteiger partial charge in [0.05, 0.1) is 6.10 Å². The minimum Gasteiger partial charge on any atom is -0.377 e. The van der Waals surface area contributed by atoms with Crippen molar-refractivity contribution in [2.75, 3.05) is 13.4 Å². The van der Waals surface area contributed by atoms with Crippen LogP contribution in [0, 0.1) is 11.3 Å². The average Bonchev–Trinajstić information content (AvgIpc) is 2.53. The molecule has 2 atom stereocenters. The van der Waals surface area contributed by atoms with E-state index in [1.54, 1.807) is 7.11 Å². The van der Waals surface area contributed by atoms with Gasteiger partial charge in [-0.2, -0.15) is 5.26 Å². The maximum absolute atomic E-state index is 9.17. The molecule has 0 radical (unpaired) electrons. The molecule has 2 rings (SSSR count).